The van der Waals surface area contributed by atoms with Crippen molar-refractivity contribution in [1.82, 2.24) is 10.1 Å². The highest BCUT2D eigenvalue weighted by Crippen LogP contribution is 2.25. The highest BCUT2D eigenvalue weighted by Gasteiger charge is 2.28. The maximum atomic E-state index is 12.6. The minimum Gasteiger partial charge on any atom is -0.497 e. The van der Waals surface area contributed by atoms with Gasteiger partial charge < -0.3 is 14.2 Å². The van der Waals surface area contributed by atoms with Crippen LogP contribution in [0, 0.1) is 11.8 Å². The number of hydrogen-bond acceptors (Lipinski definition) is 4. The minimum atomic E-state index is -0.0492. The molecule has 5 heteroatoms. The lowest BCUT2D eigenvalue weighted by Crippen LogP contribution is -2.42. The number of piperidine rings is 1. The molecule has 122 valence electrons. The molecule has 1 aliphatic heterocycles. The van der Waals surface area contributed by atoms with E-state index in [4.69, 9.17) is 9.26 Å². The average molecular weight is 314 g/mol. The fourth-order valence-electron chi connectivity index (χ4n) is 3.26. The molecule has 1 aliphatic rings. The summed E-state index contributed by atoms with van der Waals surface area (Å²) in [5.74, 6) is 2.37. The van der Waals surface area contributed by atoms with Gasteiger partial charge in [-0.05, 0) is 42.5 Å². The zero-order valence-electron chi connectivity index (χ0n) is 13.8. The van der Waals surface area contributed by atoms with Gasteiger partial charge in [0, 0.05) is 24.7 Å². The first-order valence-electron chi connectivity index (χ1n) is 7.97. The third-order valence-electron chi connectivity index (χ3n) is 4.26. The lowest BCUT2D eigenvalue weighted by molar-refractivity contribution is 0.0613. The zero-order valence-corrected chi connectivity index (χ0v) is 13.8. The number of ether oxygens (including phenoxy) is 1. The van der Waals surface area contributed by atoms with Gasteiger partial charge in [-0.1, -0.05) is 19.0 Å². The van der Waals surface area contributed by atoms with Crippen molar-refractivity contribution in [2.24, 2.45) is 11.8 Å². The van der Waals surface area contributed by atoms with E-state index < -0.39 is 0 Å². The quantitative estimate of drug-likeness (QED) is 0.870. The van der Waals surface area contributed by atoms with Crippen molar-refractivity contribution in [2.45, 2.75) is 20.3 Å². The molecule has 0 radical (unpaired) electrons. The average Bonchev–Trinajstić information content (AvgIpc) is 3.03. The number of nitrogens with zero attached hydrogens (tertiary/aromatic N) is 2. The summed E-state index contributed by atoms with van der Waals surface area (Å²) in [6.45, 7) is 5.94. The van der Waals surface area contributed by atoms with E-state index in [2.05, 4.69) is 19.0 Å². The summed E-state index contributed by atoms with van der Waals surface area (Å²) in [7, 11) is 1.63. The Kier molecular flexibility index (Phi) is 4.37. The van der Waals surface area contributed by atoms with Gasteiger partial charge in [0.05, 0.1) is 7.11 Å². The molecule has 2 atom stereocenters. The first-order chi connectivity index (χ1) is 11.1. The van der Waals surface area contributed by atoms with Crippen molar-refractivity contribution < 1.29 is 14.1 Å². The molecule has 3 rings (SSSR count). The molecule has 5 nitrogen and oxygen atoms in total. The summed E-state index contributed by atoms with van der Waals surface area (Å²) < 4.78 is 10.5. The van der Waals surface area contributed by atoms with Crippen molar-refractivity contribution in [1.29, 1.82) is 0 Å². The summed E-state index contributed by atoms with van der Waals surface area (Å²) in [6.07, 6.45) is 1.17. The van der Waals surface area contributed by atoms with E-state index in [1.165, 1.54) is 6.42 Å². The van der Waals surface area contributed by atoms with Gasteiger partial charge in [0.15, 0.2) is 11.5 Å². The Morgan fingerprint density at radius 2 is 1.87 bits per heavy atom. The number of amides is 1. The molecule has 0 N–H and O–H groups in total. The second kappa shape index (κ2) is 6.44. The van der Waals surface area contributed by atoms with Crippen LogP contribution in [0.5, 0.6) is 5.75 Å². The lowest BCUT2D eigenvalue weighted by atomic mass is 9.92. The van der Waals surface area contributed by atoms with Crippen molar-refractivity contribution in [3.8, 4) is 17.1 Å². The number of benzene rings is 1. The van der Waals surface area contributed by atoms with Gasteiger partial charge in [-0.25, -0.2) is 0 Å². The van der Waals surface area contributed by atoms with Crippen LogP contribution in [-0.2, 0) is 0 Å². The molecule has 23 heavy (non-hydrogen) atoms. The molecule has 1 saturated heterocycles. The normalized spacial score (nSPS) is 21.3. The largest absolute Gasteiger partial charge is 0.497 e. The molecule has 2 unspecified atom stereocenters. The highest BCUT2D eigenvalue weighted by atomic mass is 16.5. The predicted octanol–water partition coefficient (Wildman–Crippen LogP) is 3.47. The van der Waals surface area contributed by atoms with Crippen LogP contribution in [0.3, 0.4) is 0 Å². The topological polar surface area (TPSA) is 55.6 Å². The molecular formula is C18H22N2O3. The van der Waals surface area contributed by atoms with E-state index in [-0.39, 0.29) is 5.91 Å². The predicted molar refractivity (Wildman–Crippen MR) is 87.3 cm³/mol. The Labute approximate surface area is 136 Å². The number of carbonyl (C=O) groups excluding carboxylic acids is 1. The zero-order chi connectivity index (χ0) is 16.4. The van der Waals surface area contributed by atoms with Crippen LogP contribution < -0.4 is 4.74 Å². The minimum absolute atomic E-state index is 0.0492. The van der Waals surface area contributed by atoms with Crippen LogP contribution in [0.4, 0.5) is 0 Å². The Bertz CT molecular complexity index is 668. The van der Waals surface area contributed by atoms with E-state index in [9.17, 15) is 4.79 Å². The van der Waals surface area contributed by atoms with E-state index in [0.29, 0.717) is 23.3 Å². The maximum Gasteiger partial charge on any atom is 0.276 e. The van der Waals surface area contributed by atoms with Gasteiger partial charge in [0.1, 0.15) is 5.75 Å². The van der Waals surface area contributed by atoms with Crippen LogP contribution in [0.1, 0.15) is 30.8 Å². The third-order valence-corrected chi connectivity index (χ3v) is 4.26. The lowest BCUT2D eigenvalue weighted by Gasteiger charge is -2.34. The number of aromatic nitrogens is 1. The molecule has 1 amide bonds. The van der Waals surface area contributed by atoms with E-state index in [0.717, 1.165) is 24.4 Å². The van der Waals surface area contributed by atoms with Crippen molar-refractivity contribution in [2.75, 3.05) is 20.2 Å². The van der Waals surface area contributed by atoms with Crippen LogP contribution in [0.2, 0.25) is 0 Å². The van der Waals surface area contributed by atoms with Crippen LogP contribution >= 0.6 is 0 Å². The number of likely N-dealkylation sites (tertiary alicyclic amines) is 1. The van der Waals surface area contributed by atoms with Crippen LogP contribution in [0.15, 0.2) is 34.9 Å². The molecular weight excluding hydrogens is 292 g/mol. The summed E-state index contributed by atoms with van der Waals surface area (Å²) in [6, 6.07) is 9.20. The molecule has 1 aromatic heterocycles. The Hall–Kier alpha value is -2.30. The summed E-state index contributed by atoms with van der Waals surface area (Å²) >= 11 is 0. The molecule has 2 heterocycles. The molecule has 2 aromatic rings. The SMILES string of the molecule is COc1ccc(-c2cc(C(=O)N3CC(C)CC(C)C3)no2)cc1. The highest BCUT2D eigenvalue weighted by molar-refractivity contribution is 5.93. The van der Waals surface area contributed by atoms with Gasteiger partial charge in [0.2, 0.25) is 0 Å². The number of methoxy groups -OCH3 is 1. The molecule has 0 saturated carbocycles. The van der Waals surface area contributed by atoms with Crippen molar-refractivity contribution >= 4 is 5.91 Å². The first kappa shape index (κ1) is 15.6. The van der Waals surface area contributed by atoms with Crippen molar-refractivity contribution in [3.63, 3.8) is 0 Å². The monoisotopic (exact) mass is 314 g/mol. The van der Waals surface area contributed by atoms with Crippen LogP contribution in [0.25, 0.3) is 11.3 Å². The summed E-state index contributed by atoms with van der Waals surface area (Å²) in [5.41, 5.74) is 1.25. The fourth-order valence-corrected chi connectivity index (χ4v) is 3.26. The van der Waals surface area contributed by atoms with Gasteiger partial charge in [-0.3, -0.25) is 4.79 Å². The molecule has 0 bridgehead atoms. The number of hydrogen-bond donors (Lipinski definition) is 0. The standard InChI is InChI=1S/C18H22N2O3/c1-12-8-13(2)11-20(10-12)18(21)16-9-17(23-19-16)14-4-6-15(22-3)7-5-14/h4-7,9,12-13H,8,10-11H2,1-3H3. The third kappa shape index (κ3) is 3.38. The van der Waals surface area contributed by atoms with Gasteiger partial charge in [-0.2, -0.15) is 0 Å². The molecule has 0 spiro atoms. The molecule has 0 aliphatic carbocycles. The number of carbonyl (C=O) groups is 1. The Morgan fingerprint density at radius 3 is 2.48 bits per heavy atom. The first-order valence-corrected chi connectivity index (χ1v) is 7.97. The summed E-state index contributed by atoms with van der Waals surface area (Å²) in [4.78, 5) is 14.5. The second-order valence-corrected chi connectivity index (χ2v) is 6.46. The molecule has 1 fully saturated rings. The fraction of sp³-hybridized carbons (Fsp3) is 0.444. The van der Waals surface area contributed by atoms with Gasteiger partial charge >= 0.3 is 0 Å². The Morgan fingerprint density at radius 1 is 1.22 bits per heavy atom. The van der Waals surface area contributed by atoms with Gasteiger partial charge in [-0.15, -0.1) is 0 Å². The van der Waals surface area contributed by atoms with E-state index >= 15 is 0 Å². The second-order valence-electron chi connectivity index (χ2n) is 6.46. The van der Waals surface area contributed by atoms with E-state index in [1.54, 1.807) is 13.2 Å². The number of rotatable bonds is 3. The van der Waals surface area contributed by atoms with E-state index in [1.807, 2.05) is 29.2 Å². The van der Waals surface area contributed by atoms with Gasteiger partial charge in [0.25, 0.3) is 5.91 Å². The smallest absolute Gasteiger partial charge is 0.276 e. The van der Waals surface area contributed by atoms with Crippen molar-refractivity contribution in [3.05, 3.63) is 36.0 Å². The summed E-state index contributed by atoms with van der Waals surface area (Å²) in [5, 5.41) is 3.96. The van der Waals surface area contributed by atoms with Crippen LogP contribution in [-0.4, -0.2) is 36.2 Å². The molecule has 1 aromatic carbocycles. The Balaban J connectivity index is 1.76. The maximum absolute atomic E-state index is 12.6.